The van der Waals surface area contributed by atoms with Crippen LogP contribution in [0.2, 0.25) is 0 Å². The van der Waals surface area contributed by atoms with Crippen molar-refractivity contribution in [1.82, 2.24) is 20.6 Å². The number of carbonyl (C=O) groups is 2. The Morgan fingerprint density at radius 1 is 0.875 bits per heavy atom. The van der Waals surface area contributed by atoms with E-state index in [-0.39, 0.29) is 17.7 Å². The van der Waals surface area contributed by atoms with Crippen LogP contribution in [0.5, 0.6) is 0 Å². The van der Waals surface area contributed by atoms with Gasteiger partial charge in [-0.1, -0.05) is 26.0 Å². The van der Waals surface area contributed by atoms with Gasteiger partial charge in [-0.25, -0.2) is 0 Å². The number of nitrogens with one attached hydrogen (secondary N) is 2. The molecule has 0 saturated carbocycles. The topological polar surface area (TPSA) is 84.0 Å². The highest BCUT2D eigenvalue weighted by molar-refractivity contribution is 6.00. The van der Waals surface area contributed by atoms with Crippen LogP contribution in [0, 0.1) is 11.8 Å². The van der Waals surface area contributed by atoms with Gasteiger partial charge in [-0.05, 0) is 30.2 Å². The Morgan fingerprint density at radius 3 is 1.67 bits per heavy atom. The van der Waals surface area contributed by atoms with Gasteiger partial charge in [0, 0.05) is 12.4 Å². The molecule has 0 unspecified atom stereocenters. The second-order valence-corrected chi connectivity index (χ2v) is 5.80. The molecule has 0 atom stereocenters. The minimum absolute atomic E-state index is 0.113. The van der Waals surface area contributed by atoms with Gasteiger partial charge in [-0.15, -0.1) is 0 Å². The molecule has 0 aromatic carbocycles. The Hall–Kier alpha value is -2.76. The van der Waals surface area contributed by atoms with Crippen molar-refractivity contribution in [3.63, 3.8) is 0 Å². The predicted octanol–water partition coefficient (Wildman–Crippen LogP) is 1.68. The summed E-state index contributed by atoms with van der Waals surface area (Å²) in [7, 11) is 0. The molecule has 2 heterocycles. The number of amides is 2. The third kappa shape index (κ3) is 5.15. The largest absolute Gasteiger partial charge is 0.350 e. The third-order valence-corrected chi connectivity index (χ3v) is 3.57. The van der Waals surface area contributed by atoms with Crippen LogP contribution in [0.4, 0.5) is 0 Å². The molecule has 6 heteroatoms. The van der Waals surface area contributed by atoms with Crippen molar-refractivity contribution in [1.29, 1.82) is 0 Å². The Bertz CT molecular complexity index is 604. The molecular weight excluding hydrogens is 304 g/mol. The lowest BCUT2D eigenvalue weighted by molar-refractivity contribution is -0.137. The fourth-order valence-corrected chi connectivity index (χ4v) is 2.31. The Balaban J connectivity index is 1.92. The van der Waals surface area contributed by atoms with Gasteiger partial charge in [0.25, 0.3) is 0 Å². The maximum atomic E-state index is 12.4. The van der Waals surface area contributed by atoms with Crippen molar-refractivity contribution >= 4 is 11.8 Å². The Labute approximate surface area is 141 Å². The summed E-state index contributed by atoms with van der Waals surface area (Å²) in [5.41, 5.74) is 1.50. The lowest BCUT2D eigenvalue weighted by Crippen LogP contribution is -2.43. The zero-order valence-electron chi connectivity index (χ0n) is 13.9. The highest BCUT2D eigenvalue weighted by Crippen LogP contribution is 2.12. The van der Waals surface area contributed by atoms with Crippen LogP contribution in [0.15, 0.2) is 48.8 Å². The van der Waals surface area contributed by atoms with Crippen LogP contribution in [-0.4, -0.2) is 21.8 Å². The van der Waals surface area contributed by atoms with Crippen molar-refractivity contribution < 1.29 is 9.59 Å². The van der Waals surface area contributed by atoms with Gasteiger partial charge in [-0.2, -0.15) is 0 Å². The number of pyridine rings is 2. The third-order valence-electron chi connectivity index (χ3n) is 3.57. The first-order chi connectivity index (χ1) is 11.6. The number of hydrogen-bond donors (Lipinski definition) is 2. The van der Waals surface area contributed by atoms with Gasteiger partial charge in [0.15, 0.2) is 0 Å². The van der Waals surface area contributed by atoms with Crippen molar-refractivity contribution in [2.75, 3.05) is 0 Å². The number of nitrogens with zero attached hydrogens (tertiary/aromatic N) is 2. The molecule has 0 radical (unpaired) electrons. The smallest absolute Gasteiger partial charge is 0.233 e. The fourth-order valence-electron chi connectivity index (χ4n) is 2.31. The normalized spacial score (nSPS) is 10.7. The molecule has 126 valence electrons. The van der Waals surface area contributed by atoms with Crippen molar-refractivity contribution in [2.45, 2.75) is 26.9 Å². The zero-order valence-corrected chi connectivity index (χ0v) is 13.9. The summed E-state index contributed by atoms with van der Waals surface area (Å²) in [4.78, 5) is 33.1. The molecule has 2 aromatic rings. The molecule has 24 heavy (non-hydrogen) atoms. The second-order valence-electron chi connectivity index (χ2n) is 5.80. The minimum Gasteiger partial charge on any atom is -0.350 e. The number of rotatable bonds is 7. The quantitative estimate of drug-likeness (QED) is 0.758. The first-order valence-corrected chi connectivity index (χ1v) is 7.93. The number of hydrogen-bond acceptors (Lipinski definition) is 4. The van der Waals surface area contributed by atoms with E-state index in [0.717, 1.165) is 11.4 Å². The standard InChI is InChI=1S/C18H22N4O2/c1-13(2)16(17(23)21-11-14-7-3-5-9-19-14)18(24)22-12-15-8-4-6-10-20-15/h3-10,13,16H,11-12H2,1-2H3,(H,21,23)(H,22,24). The molecule has 0 aliphatic heterocycles. The van der Waals surface area contributed by atoms with Crippen LogP contribution in [0.1, 0.15) is 25.2 Å². The summed E-state index contributed by atoms with van der Waals surface area (Å²) in [5, 5.41) is 5.56. The molecule has 2 rings (SSSR count). The van der Waals surface area contributed by atoms with E-state index in [0.29, 0.717) is 13.1 Å². The highest BCUT2D eigenvalue weighted by Gasteiger charge is 2.29. The SMILES string of the molecule is CC(C)C(C(=O)NCc1ccccn1)C(=O)NCc1ccccn1. The van der Waals surface area contributed by atoms with Crippen LogP contribution < -0.4 is 10.6 Å². The van der Waals surface area contributed by atoms with Crippen LogP contribution >= 0.6 is 0 Å². The summed E-state index contributed by atoms with van der Waals surface area (Å²) < 4.78 is 0. The van der Waals surface area contributed by atoms with E-state index >= 15 is 0 Å². The first kappa shape index (κ1) is 17.6. The molecule has 6 nitrogen and oxygen atoms in total. The summed E-state index contributed by atoms with van der Waals surface area (Å²) in [6.45, 7) is 4.31. The molecule has 0 aliphatic rings. The van der Waals surface area contributed by atoms with Crippen LogP contribution in [0.25, 0.3) is 0 Å². The average molecular weight is 326 g/mol. The lowest BCUT2D eigenvalue weighted by atomic mass is 9.94. The summed E-state index contributed by atoms with van der Waals surface area (Å²) >= 11 is 0. The van der Waals surface area contributed by atoms with Crippen LogP contribution in [0.3, 0.4) is 0 Å². The Morgan fingerprint density at radius 2 is 1.33 bits per heavy atom. The van der Waals surface area contributed by atoms with E-state index in [1.807, 2.05) is 50.2 Å². The lowest BCUT2D eigenvalue weighted by Gasteiger charge is -2.19. The molecular formula is C18H22N4O2. The van der Waals surface area contributed by atoms with Gasteiger partial charge < -0.3 is 10.6 Å². The zero-order chi connectivity index (χ0) is 17.4. The van der Waals surface area contributed by atoms with Gasteiger partial charge in [0.2, 0.25) is 11.8 Å². The minimum atomic E-state index is -0.752. The molecule has 0 saturated heterocycles. The summed E-state index contributed by atoms with van der Waals surface area (Å²) in [5.74, 6) is -1.46. The van der Waals surface area contributed by atoms with Gasteiger partial charge in [0.1, 0.15) is 5.92 Å². The molecule has 0 fully saturated rings. The molecule has 0 spiro atoms. The first-order valence-electron chi connectivity index (χ1n) is 7.93. The second kappa shape index (κ2) is 8.76. The maximum absolute atomic E-state index is 12.4. The predicted molar refractivity (Wildman–Crippen MR) is 90.5 cm³/mol. The molecule has 2 amide bonds. The van der Waals surface area contributed by atoms with E-state index in [1.165, 1.54) is 0 Å². The number of aromatic nitrogens is 2. The maximum Gasteiger partial charge on any atom is 0.233 e. The van der Waals surface area contributed by atoms with Crippen molar-refractivity contribution in [2.24, 2.45) is 11.8 Å². The van der Waals surface area contributed by atoms with Crippen molar-refractivity contribution in [3.8, 4) is 0 Å². The molecule has 0 aliphatic carbocycles. The van der Waals surface area contributed by atoms with Crippen molar-refractivity contribution in [3.05, 3.63) is 60.2 Å². The van der Waals surface area contributed by atoms with Gasteiger partial charge >= 0.3 is 0 Å². The average Bonchev–Trinajstić information content (AvgIpc) is 2.60. The summed E-state index contributed by atoms with van der Waals surface area (Å²) in [6.07, 6.45) is 3.34. The van der Waals surface area contributed by atoms with Gasteiger partial charge in [-0.3, -0.25) is 19.6 Å². The molecule has 0 bridgehead atoms. The Kier molecular flexibility index (Phi) is 6.42. The van der Waals surface area contributed by atoms with Gasteiger partial charge in [0.05, 0.1) is 24.5 Å². The van der Waals surface area contributed by atoms with E-state index in [1.54, 1.807) is 12.4 Å². The van der Waals surface area contributed by atoms with E-state index in [4.69, 9.17) is 0 Å². The fraction of sp³-hybridized carbons (Fsp3) is 0.333. The van der Waals surface area contributed by atoms with E-state index in [2.05, 4.69) is 20.6 Å². The molecule has 2 N–H and O–H groups in total. The van der Waals surface area contributed by atoms with Crippen LogP contribution in [-0.2, 0) is 22.7 Å². The van der Waals surface area contributed by atoms with E-state index in [9.17, 15) is 9.59 Å². The van der Waals surface area contributed by atoms with E-state index < -0.39 is 5.92 Å². The monoisotopic (exact) mass is 326 g/mol. The highest BCUT2D eigenvalue weighted by atomic mass is 16.2. The number of carbonyl (C=O) groups excluding carboxylic acids is 2. The summed E-state index contributed by atoms with van der Waals surface area (Å²) in [6, 6.07) is 11.0. The molecule has 2 aromatic heterocycles.